The fourth-order valence-corrected chi connectivity index (χ4v) is 3.99. The molecule has 0 aromatic carbocycles. The second-order valence-corrected chi connectivity index (χ2v) is 7.27. The molecule has 3 heterocycles. The molecule has 3 rings (SSSR count). The molecule has 0 saturated carbocycles. The number of hydrogen-bond acceptors (Lipinski definition) is 4. The van der Waals surface area contributed by atoms with Crippen molar-refractivity contribution in [3.05, 3.63) is 22.4 Å². The van der Waals surface area contributed by atoms with Crippen LogP contribution in [0.2, 0.25) is 0 Å². The molecular weight excluding hydrogens is 353 g/mol. The van der Waals surface area contributed by atoms with Crippen molar-refractivity contribution in [1.82, 2.24) is 15.5 Å². The van der Waals surface area contributed by atoms with Gasteiger partial charge >= 0.3 is 0 Å². The summed E-state index contributed by atoms with van der Waals surface area (Å²) in [4.78, 5) is 16.0. The lowest BCUT2D eigenvalue weighted by molar-refractivity contribution is -0.124. The third-order valence-electron chi connectivity index (χ3n) is 4.66. The van der Waals surface area contributed by atoms with Crippen LogP contribution in [-0.2, 0) is 11.3 Å². The Morgan fingerprint density at radius 2 is 2.09 bits per heavy atom. The highest BCUT2D eigenvalue weighted by molar-refractivity contribution is 7.09. The van der Waals surface area contributed by atoms with Gasteiger partial charge in [0.25, 0.3) is 0 Å². The van der Waals surface area contributed by atoms with Crippen molar-refractivity contribution < 1.29 is 4.79 Å². The molecule has 0 bridgehead atoms. The Morgan fingerprint density at radius 1 is 1.30 bits per heavy atom. The first-order valence-electron chi connectivity index (χ1n) is 8.04. The second kappa shape index (κ2) is 10.5. The van der Waals surface area contributed by atoms with Crippen LogP contribution < -0.4 is 10.6 Å². The number of rotatable bonds is 5. The number of amides is 1. The van der Waals surface area contributed by atoms with Gasteiger partial charge in [0.05, 0.1) is 5.92 Å². The van der Waals surface area contributed by atoms with Gasteiger partial charge in [-0.3, -0.25) is 9.69 Å². The summed E-state index contributed by atoms with van der Waals surface area (Å²) >= 11 is 1.84. The second-order valence-electron chi connectivity index (χ2n) is 6.23. The predicted molar refractivity (Wildman–Crippen MR) is 101 cm³/mol. The van der Waals surface area contributed by atoms with E-state index < -0.39 is 0 Å². The maximum absolute atomic E-state index is 12.0. The van der Waals surface area contributed by atoms with Gasteiger partial charge in [0.15, 0.2) is 0 Å². The quantitative estimate of drug-likeness (QED) is 0.825. The molecule has 2 N–H and O–H groups in total. The van der Waals surface area contributed by atoms with Crippen LogP contribution in [0.4, 0.5) is 0 Å². The van der Waals surface area contributed by atoms with Crippen LogP contribution in [0.15, 0.2) is 17.5 Å². The number of carbonyl (C=O) groups is 1. The van der Waals surface area contributed by atoms with E-state index in [0.29, 0.717) is 5.92 Å². The Kier molecular flexibility index (Phi) is 9.47. The van der Waals surface area contributed by atoms with Crippen LogP contribution in [0.1, 0.15) is 24.1 Å². The molecule has 1 unspecified atom stereocenters. The smallest absolute Gasteiger partial charge is 0.224 e. The molecule has 1 aromatic heterocycles. The lowest BCUT2D eigenvalue weighted by Gasteiger charge is -2.31. The molecule has 4 nitrogen and oxygen atoms in total. The maximum Gasteiger partial charge on any atom is 0.224 e. The van der Waals surface area contributed by atoms with Gasteiger partial charge in [0.1, 0.15) is 0 Å². The molecule has 132 valence electrons. The third kappa shape index (κ3) is 6.24. The van der Waals surface area contributed by atoms with E-state index >= 15 is 0 Å². The number of nitrogens with one attached hydrogen (secondary N) is 2. The van der Waals surface area contributed by atoms with E-state index in [1.54, 1.807) is 0 Å². The van der Waals surface area contributed by atoms with E-state index in [0.717, 1.165) is 45.7 Å². The topological polar surface area (TPSA) is 44.4 Å². The summed E-state index contributed by atoms with van der Waals surface area (Å²) in [5, 5.41) is 8.56. The molecule has 2 aliphatic rings. The van der Waals surface area contributed by atoms with Crippen LogP contribution in [0.25, 0.3) is 0 Å². The standard InChI is InChI=1S/C16H25N3OS.2ClH/c20-16(14-3-6-17-11-14)18-10-13-4-7-19(8-5-13)12-15-2-1-9-21-15;;/h1-2,9,13-14,17H,3-8,10-12H2,(H,18,20);2*1H. The normalized spacial score (nSPS) is 22.2. The molecular formula is C16H27Cl2N3OS. The molecule has 0 radical (unpaired) electrons. The first-order valence-corrected chi connectivity index (χ1v) is 8.92. The lowest BCUT2D eigenvalue weighted by atomic mass is 9.96. The molecule has 1 atom stereocenters. The van der Waals surface area contributed by atoms with Crippen LogP contribution >= 0.6 is 36.2 Å². The number of piperidine rings is 1. The fourth-order valence-electron chi connectivity index (χ4n) is 3.24. The van der Waals surface area contributed by atoms with Crippen LogP contribution in [0, 0.1) is 11.8 Å². The van der Waals surface area contributed by atoms with Gasteiger partial charge in [-0.15, -0.1) is 36.2 Å². The summed E-state index contributed by atoms with van der Waals surface area (Å²) in [6, 6.07) is 4.34. The molecule has 7 heteroatoms. The average Bonchev–Trinajstić information content (AvgIpc) is 3.19. The summed E-state index contributed by atoms with van der Waals surface area (Å²) in [7, 11) is 0. The Hall–Kier alpha value is -0.330. The van der Waals surface area contributed by atoms with Crippen molar-refractivity contribution in [3.8, 4) is 0 Å². The monoisotopic (exact) mass is 379 g/mol. The van der Waals surface area contributed by atoms with Gasteiger partial charge in [-0.05, 0) is 56.3 Å². The molecule has 1 amide bonds. The summed E-state index contributed by atoms with van der Waals surface area (Å²) in [6.07, 6.45) is 3.40. The van der Waals surface area contributed by atoms with Gasteiger partial charge in [-0.25, -0.2) is 0 Å². The number of likely N-dealkylation sites (tertiary alicyclic amines) is 1. The van der Waals surface area contributed by atoms with E-state index in [1.807, 2.05) is 11.3 Å². The SMILES string of the molecule is Cl.Cl.O=C(NCC1CCN(Cc2cccs2)CC1)C1CCNC1. The van der Waals surface area contributed by atoms with E-state index in [-0.39, 0.29) is 36.6 Å². The predicted octanol–water partition coefficient (Wildman–Crippen LogP) is 2.53. The Bertz CT molecular complexity index is 444. The third-order valence-corrected chi connectivity index (χ3v) is 5.52. The fraction of sp³-hybridized carbons (Fsp3) is 0.688. The number of hydrogen-bond donors (Lipinski definition) is 2. The van der Waals surface area contributed by atoms with Crippen molar-refractivity contribution >= 4 is 42.1 Å². The van der Waals surface area contributed by atoms with Crippen LogP contribution in [-0.4, -0.2) is 43.5 Å². The minimum atomic E-state index is 0. The van der Waals surface area contributed by atoms with Gasteiger partial charge in [-0.2, -0.15) is 0 Å². The average molecular weight is 380 g/mol. The largest absolute Gasteiger partial charge is 0.356 e. The first-order chi connectivity index (χ1) is 10.3. The molecule has 23 heavy (non-hydrogen) atoms. The molecule has 0 spiro atoms. The van der Waals surface area contributed by atoms with E-state index in [4.69, 9.17) is 0 Å². The highest BCUT2D eigenvalue weighted by Crippen LogP contribution is 2.20. The van der Waals surface area contributed by atoms with E-state index in [1.165, 1.54) is 17.7 Å². The first kappa shape index (κ1) is 20.7. The van der Waals surface area contributed by atoms with Gasteiger partial charge in [0, 0.05) is 24.5 Å². The molecule has 1 aromatic rings. The van der Waals surface area contributed by atoms with Crippen LogP contribution in [0.3, 0.4) is 0 Å². The highest BCUT2D eigenvalue weighted by atomic mass is 35.5. The lowest BCUT2D eigenvalue weighted by Crippen LogP contribution is -2.40. The maximum atomic E-state index is 12.0. The summed E-state index contributed by atoms with van der Waals surface area (Å²) < 4.78 is 0. The summed E-state index contributed by atoms with van der Waals surface area (Å²) in [6.45, 7) is 6.10. The molecule has 2 fully saturated rings. The summed E-state index contributed by atoms with van der Waals surface area (Å²) in [5.41, 5.74) is 0. The zero-order chi connectivity index (χ0) is 14.5. The number of halogens is 2. The number of carbonyl (C=O) groups excluding carboxylic acids is 1. The van der Waals surface area contributed by atoms with Gasteiger partial charge < -0.3 is 10.6 Å². The minimum absolute atomic E-state index is 0. The molecule has 2 saturated heterocycles. The van der Waals surface area contributed by atoms with Crippen LogP contribution in [0.5, 0.6) is 0 Å². The Labute approximate surface area is 155 Å². The van der Waals surface area contributed by atoms with Crippen molar-refractivity contribution in [3.63, 3.8) is 0 Å². The van der Waals surface area contributed by atoms with Gasteiger partial charge in [0.2, 0.25) is 5.91 Å². The number of thiophene rings is 1. The Balaban J connectivity index is 0.00000132. The van der Waals surface area contributed by atoms with Crippen molar-refractivity contribution in [2.75, 3.05) is 32.7 Å². The Morgan fingerprint density at radius 3 is 2.70 bits per heavy atom. The van der Waals surface area contributed by atoms with Crippen molar-refractivity contribution in [1.29, 1.82) is 0 Å². The van der Waals surface area contributed by atoms with Crippen molar-refractivity contribution in [2.24, 2.45) is 11.8 Å². The zero-order valence-electron chi connectivity index (χ0n) is 13.3. The zero-order valence-corrected chi connectivity index (χ0v) is 15.8. The van der Waals surface area contributed by atoms with Gasteiger partial charge in [-0.1, -0.05) is 6.07 Å². The van der Waals surface area contributed by atoms with E-state index in [2.05, 4.69) is 33.0 Å². The van der Waals surface area contributed by atoms with E-state index in [9.17, 15) is 4.79 Å². The number of nitrogens with zero attached hydrogens (tertiary/aromatic N) is 1. The highest BCUT2D eigenvalue weighted by Gasteiger charge is 2.24. The van der Waals surface area contributed by atoms with Crippen molar-refractivity contribution in [2.45, 2.75) is 25.8 Å². The molecule has 2 aliphatic heterocycles. The summed E-state index contributed by atoms with van der Waals surface area (Å²) in [5.74, 6) is 1.10. The molecule has 0 aliphatic carbocycles. The minimum Gasteiger partial charge on any atom is -0.356 e.